The number of hydrogen-bond acceptors (Lipinski definition) is 2. The molecule has 82 valence electrons. The molecule has 0 unspecified atom stereocenters. The van der Waals surface area contributed by atoms with Gasteiger partial charge < -0.3 is 9.30 Å². The second-order valence-corrected chi connectivity index (χ2v) is 4.14. The monoisotopic (exact) mass is 222 g/mol. The molecule has 0 amide bonds. The van der Waals surface area contributed by atoms with Crippen molar-refractivity contribution in [2.75, 3.05) is 0 Å². The van der Waals surface area contributed by atoms with Crippen LogP contribution in [-0.2, 0) is 6.73 Å². The molecule has 0 aliphatic carbocycles. The summed E-state index contributed by atoms with van der Waals surface area (Å²) >= 11 is 0. The predicted molar refractivity (Wildman–Crippen MR) is 65.8 cm³/mol. The quantitative estimate of drug-likeness (QED) is 0.584. The maximum Gasteiger partial charge on any atom is 0.165 e. The van der Waals surface area contributed by atoms with Gasteiger partial charge in [0.1, 0.15) is 11.4 Å². The molecule has 1 aliphatic heterocycles. The standard InChI is InChI=1S/C14H10N2O/c1-2-5-11-10(4-1)8-12-14-13(6-3-7-15-14)17-9-16(11)12/h1-8H,9H2. The van der Waals surface area contributed by atoms with E-state index in [1.165, 1.54) is 10.9 Å². The molecule has 0 fully saturated rings. The summed E-state index contributed by atoms with van der Waals surface area (Å²) < 4.78 is 7.87. The highest BCUT2D eigenvalue weighted by Gasteiger charge is 2.19. The van der Waals surface area contributed by atoms with Gasteiger partial charge in [0.05, 0.1) is 11.2 Å². The number of rotatable bonds is 0. The van der Waals surface area contributed by atoms with E-state index in [1.807, 2.05) is 18.2 Å². The molecule has 3 nitrogen and oxygen atoms in total. The SMILES string of the molecule is c1cnc2c(c1)OCn1c-2cc2ccccc21. The summed E-state index contributed by atoms with van der Waals surface area (Å²) in [7, 11) is 0. The van der Waals surface area contributed by atoms with Crippen LogP contribution in [0, 0.1) is 0 Å². The summed E-state index contributed by atoms with van der Waals surface area (Å²) in [6.45, 7) is 0.557. The Morgan fingerprint density at radius 1 is 1.12 bits per heavy atom. The van der Waals surface area contributed by atoms with E-state index in [0.29, 0.717) is 6.73 Å². The molecule has 0 bridgehead atoms. The van der Waals surface area contributed by atoms with E-state index in [0.717, 1.165) is 17.1 Å². The van der Waals surface area contributed by atoms with Crippen LogP contribution in [0.15, 0.2) is 48.7 Å². The van der Waals surface area contributed by atoms with Crippen LogP contribution >= 0.6 is 0 Å². The van der Waals surface area contributed by atoms with Gasteiger partial charge in [-0.25, -0.2) is 0 Å². The lowest BCUT2D eigenvalue weighted by Gasteiger charge is -2.19. The van der Waals surface area contributed by atoms with Crippen molar-refractivity contribution in [2.45, 2.75) is 6.73 Å². The van der Waals surface area contributed by atoms with E-state index < -0.39 is 0 Å². The van der Waals surface area contributed by atoms with Crippen molar-refractivity contribution in [3.8, 4) is 17.1 Å². The number of pyridine rings is 1. The Kier molecular flexibility index (Phi) is 1.61. The maximum absolute atomic E-state index is 5.72. The van der Waals surface area contributed by atoms with Gasteiger partial charge in [0, 0.05) is 11.6 Å². The summed E-state index contributed by atoms with van der Waals surface area (Å²) in [5, 5.41) is 1.23. The van der Waals surface area contributed by atoms with Crippen molar-refractivity contribution in [1.82, 2.24) is 9.55 Å². The van der Waals surface area contributed by atoms with E-state index in [2.05, 4.69) is 33.8 Å². The predicted octanol–water partition coefficient (Wildman–Crippen LogP) is 3.05. The molecular formula is C14H10N2O. The van der Waals surface area contributed by atoms with Crippen molar-refractivity contribution in [2.24, 2.45) is 0 Å². The minimum atomic E-state index is 0.557. The summed E-state index contributed by atoms with van der Waals surface area (Å²) in [6, 6.07) is 14.3. The zero-order valence-corrected chi connectivity index (χ0v) is 9.13. The largest absolute Gasteiger partial charge is 0.470 e. The molecule has 2 aromatic heterocycles. The lowest BCUT2D eigenvalue weighted by Crippen LogP contribution is -2.12. The van der Waals surface area contributed by atoms with Gasteiger partial charge in [-0.15, -0.1) is 0 Å². The summed E-state index contributed by atoms with van der Waals surface area (Å²) in [6.07, 6.45) is 1.80. The fourth-order valence-corrected chi connectivity index (χ4v) is 2.38. The van der Waals surface area contributed by atoms with Crippen LogP contribution in [0.2, 0.25) is 0 Å². The van der Waals surface area contributed by atoms with Gasteiger partial charge in [-0.05, 0) is 24.3 Å². The van der Waals surface area contributed by atoms with Gasteiger partial charge in [-0.1, -0.05) is 18.2 Å². The molecule has 0 radical (unpaired) electrons. The van der Waals surface area contributed by atoms with Crippen LogP contribution in [0.3, 0.4) is 0 Å². The highest BCUT2D eigenvalue weighted by Crippen LogP contribution is 2.35. The van der Waals surface area contributed by atoms with Crippen LogP contribution in [-0.4, -0.2) is 9.55 Å². The van der Waals surface area contributed by atoms with Gasteiger partial charge in [0.25, 0.3) is 0 Å². The van der Waals surface area contributed by atoms with Crippen LogP contribution < -0.4 is 4.74 Å². The first-order valence-electron chi connectivity index (χ1n) is 5.60. The molecule has 4 rings (SSSR count). The molecule has 1 aliphatic rings. The Bertz CT molecular complexity index is 715. The highest BCUT2D eigenvalue weighted by molar-refractivity contribution is 5.87. The first-order valence-corrected chi connectivity index (χ1v) is 5.60. The van der Waals surface area contributed by atoms with Crippen LogP contribution in [0.4, 0.5) is 0 Å². The van der Waals surface area contributed by atoms with E-state index >= 15 is 0 Å². The Morgan fingerprint density at radius 3 is 3.06 bits per heavy atom. The Hall–Kier alpha value is -2.29. The minimum absolute atomic E-state index is 0.557. The second-order valence-electron chi connectivity index (χ2n) is 4.14. The number of fused-ring (bicyclic) bond motifs is 5. The van der Waals surface area contributed by atoms with Crippen molar-refractivity contribution < 1.29 is 4.74 Å². The summed E-state index contributed by atoms with van der Waals surface area (Å²) in [5.74, 6) is 0.864. The van der Waals surface area contributed by atoms with Gasteiger partial charge in [0.2, 0.25) is 0 Å². The smallest absolute Gasteiger partial charge is 0.165 e. The first-order chi connectivity index (χ1) is 8.43. The van der Waals surface area contributed by atoms with Crippen molar-refractivity contribution in [1.29, 1.82) is 0 Å². The number of para-hydroxylation sites is 1. The molecule has 0 N–H and O–H groups in total. The Labute approximate surface area is 98.3 Å². The van der Waals surface area contributed by atoms with Gasteiger partial charge in [-0.2, -0.15) is 0 Å². The molecule has 0 saturated heterocycles. The molecule has 0 spiro atoms. The van der Waals surface area contributed by atoms with Crippen LogP contribution in [0.1, 0.15) is 0 Å². The molecule has 1 aromatic carbocycles. The average Bonchev–Trinajstić information content (AvgIpc) is 2.78. The number of nitrogens with zero attached hydrogens (tertiary/aromatic N) is 2. The minimum Gasteiger partial charge on any atom is -0.470 e. The average molecular weight is 222 g/mol. The Morgan fingerprint density at radius 2 is 2.06 bits per heavy atom. The zero-order chi connectivity index (χ0) is 11.2. The van der Waals surface area contributed by atoms with Crippen molar-refractivity contribution in [3.63, 3.8) is 0 Å². The maximum atomic E-state index is 5.72. The lowest BCUT2D eigenvalue weighted by molar-refractivity contribution is 0.234. The number of benzene rings is 1. The van der Waals surface area contributed by atoms with Gasteiger partial charge >= 0.3 is 0 Å². The summed E-state index contributed by atoms with van der Waals surface area (Å²) in [4.78, 5) is 4.41. The van der Waals surface area contributed by atoms with Gasteiger partial charge in [-0.3, -0.25) is 4.98 Å². The molecule has 17 heavy (non-hydrogen) atoms. The molecular weight excluding hydrogens is 212 g/mol. The fraction of sp³-hybridized carbons (Fsp3) is 0.0714. The number of ether oxygens (including phenoxy) is 1. The van der Waals surface area contributed by atoms with E-state index in [9.17, 15) is 0 Å². The zero-order valence-electron chi connectivity index (χ0n) is 9.13. The third kappa shape index (κ3) is 1.13. The van der Waals surface area contributed by atoms with E-state index in [-0.39, 0.29) is 0 Å². The van der Waals surface area contributed by atoms with Gasteiger partial charge in [0.15, 0.2) is 6.73 Å². The third-order valence-corrected chi connectivity index (χ3v) is 3.17. The molecule has 3 aromatic rings. The number of hydrogen-bond donors (Lipinski definition) is 0. The summed E-state index contributed by atoms with van der Waals surface area (Å²) in [5.41, 5.74) is 3.25. The molecule has 3 heterocycles. The topological polar surface area (TPSA) is 27.1 Å². The number of aromatic nitrogens is 2. The lowest BCUT2D eigenvalue weighted by atomic mass is 10.2. The third-order valence-electron chi connectivity index (χ3n) is 3.17. The van der Waals surface area contributed by atoms with Crippen LogP contribution in [0.25, 0.3) is 22.3 Å². The van der Waals surface area contributed by atoms with Crippen molar-refractivity contribution in [3.05, 3.63) is 48.7 Å². The highest BCUT2D eigenvalue weighted by atomic mass is 16.5. The van der Waals surface area contributed by atoms with Crippen molar-refractivity contribution >= 4 is 10.9 Å². The first kappa shape index (κ1) is 8.82. The normalized spacial score (nSPS) is 12.9. The van der Waals surface area contributed by atoms with E-state index in [4.69, 9.17) is 4.74 Å². The van der Waals surface area contributed by atoms with E-state index in [1.54, 1.807) is 6.20 Å². The Balaban J connectivity index is 2.10. The molecule has 3 heteroatoms. The fourth-order valence-electron chi connectivity index (χ4n) is 2.38. The van der Waals surface area contributed by atoms with Crippen LogP contribution in [0.5, 0.6) is 5.75 Å². The molecule has 0 saturated carbocycles. The molecule has 0 atom stereocenters. The second kappa shape index (κ2) is 3.10.